The van der Waals surface area contributed by atoms with Crippen molar-refractivity contribution in [2.75, 3.05) is 13.2 Å². The lowest BCUT2D eigenvalue weighted by molar-refractivity contribution is 0.130. The SMILES string of the molecule is CC(C)(C)[Si](C)(C)OCCCC1CNC(=O)O1. The first-order valence-electron chi connectivity index (χ1n) is 6.31. The third-order valence-corrected chi connectivity index (χ3v) is 8.23. The molecule has 0 spiro atoms. The number of carbonyl (C=O) groups excluding carboxylic acids is 1. The molecule has 0 aromatic heterocycles. The fraction of sp³-hybridized carbons (Fsp3) is 0.917. The van der Waals surface area contributed by atoms with Crippen molar-refractivity contribution in [1.82, 2.24) is 5.32 Å². The number of cyclic esters (lactones) is 1. The van der Waals surface area contributed by atoms with Crippen LogP contribution < -0.4 is 5.32 Å². The highest BCUT2D eigenvalue weighted by Crippen LogP contribution is 2.36. The summed E-state index contributed by atoms with van der Waals surface area (Å²) >= 11 is 0. The van der Waals surface area contributed by atoms with Crippen LogP contribution in [0.15, 0.2) is 0 Å². The van der Waals surface area contributed by atoms with E-state index < -0.39 is 8.32 Å². The molecule has 1 amide bonds. The summed E-state index contributed by atoms with van der Waals surface area (Å²) in [6.45, 7) is 12.6. The molecule has 1 rings (SSSR count). The maximum Gasteiger partial charge on any atom is 0.407 e. The van der Waals surface area contributed by atoms with E-state index >= 15 is 0 Å². The number of ether oxygens (including phenoxy) is 1. The molecule has 1 aliphatic rings. The molecule has 0 radical (unpaired) electrons. The minimum atomic E-state index is -1.62. The second kappa shape index (κ2) is 5.39. The largest absolute Gasteiger partial charge is 0.444 e. The van der Waals surface area contributed by atoms with Gasteiger partial charge >= 0.3 is 6.09 Å². The number of rotatable bonds is 5. The number of nitrogens with one attached hydrogen (secondary N) is 1. The van der Waals surface area contributed by atoms with E-state index in [1.165, 1.54) is 0 Å². The summed E-state index contributed by atoms with van der Waals surface area (Å²) in [5.74, 6) is 0. The Bertz CT molecular complexity index is 273. The molecule has 1 atom stereocenters. The van der Waals surface area contributed by atoms with Gasteiger partial charge in [0.05, 0.1) is 6.54 Å². The number of amides is 1. The van der Waals surface area contributed by atoms with Crippen molar-refractivity contribution < 1.29 is 14.0 Å². The van der Waals surface area contributed by atoms with Gasteiger partial charge in [0.1, 0.15) is 6.10 Å². The van der Waals surface area contributed by atoms with Crippen molar-refractivity contribution in [3.63, 3.8) is 0 Å². The monoisotopic (exact) mass is 259 g/mol. The topological polar surface area (TPSA) is 47.6 Å². The van der Waals surface area contributed by atoms with Gasteiger partial charge in [-0.1, -0.05) is 20.8 Å². The molecule has 100 valence electrons. The minimum Gasteiger partial charge on any atom is -0.444 e. The van der Waals surface area contributed by atoms with Crippen LogP contribution in [0.4, 0.5) is 4.79 Å². The first-order chi connectivity index (χ1) is 7.72. The first-order valence-corrected chi connectivity index (χ1v) is 9.22. The highest BCUT2D eigenvalue weighted by atomic mass is 28.4. The van der Waals surface area contributed by atoms with Crippen LogP contribution in [-0.2, 0) is 9.16 Å². The lowest BCUT2D eigenvalue weighted by atomic mass is 10.2. The Hall–Kier alpha value is -0.553. The van der Waals surface area contributed by atoms with Crippen molar-refractivity contribution in [2.45, 2.75) is 57.8 Å². The van der Waals surface area contributed by atoms with E-state index in [0.717, 1.165) is 19.4 Å². The van der Waals surface area contributed by atoms with Crippen LogP contribution in [0, 0.1) is 0 Å². The van der Waals surface area contributed by atoms with Gasteiger partial charge in [-0.25, -0.2) is 4.79 Å². The summed E-state index contributed by atoms with van der Waals surface area (Å²) in [5, 5.41) is 2.92. The van der Waals surface area contributed by atoms with Crippen molar-refractivity contribution in [2.24, 2.45) is 0 Å². The normalized spacial score (nSPS) is 21.2. The quantitative estimate of drug-likeness (QED) is 0.610. The van der Waals surface area contributed by atoms with Crippen LogP contribution >= 0.6 is 0 Å². The molecule has 4 nitrogen and oxygen atoms in total. The molecule has 1 unspecified atom stereocenters. The molecule has 0 saturated carbocycles. The van der Waals surface area contributed by atoms with Gasteiger partial charge in [0.2, 0.25) is 0 Å². The summed E-state index contributed by atoms with van der Waals surface area (Å²) in [5.41, 5.74) is 0. The van der Waals surface area contributed by atoms with Gasteiger partial charge in [-0.05, 0) is 31.0 Å². The molecule has 1 heterocycles. The van der Waals surface area contributed by atoms with Crippen molar-refractivity contribution in [3.8, 4) is 0 Å². The molecule has 0 bridgehead atoms. The fourth-order valence-corrected chi connectivity index (χ4v) is 2.54. The summed E-state index contributed by atoms with van der Waals surface area (Å²) < 4.78 is 11.1. The molecule has 1 N–H and O–H groups in total. The predicted molar refractivity (Wildman–Crippen MR) is 70.7 cm³/mol. The van der Waals surface area contributed by atoms with Crippen molar-refractivity contribution in [1.29, 1.82) is 0 Å². The molecule has 1 saturated heterocycles. The van der Waals surface area contributed by atoms with Gasteiger partial charge in [-0.3, -0.25) is 0 Å². The fourth-order valence-electron chi connectivity index (χ4n) is 1.45. The number of alkyl carbamates (subject to hydrolysis) is 1. The third-order valence-electron chi connectivity index (χ3n) is 3.69. The molecular formula is C12H25NO3Si. The molecule has 17 heavy (non-hydrogen) atoms. The average molecular weight is 259 g/mol. The van der Waals surface area contributed by atoms with Crippen LogP contribution in [0.25, 0.3) is 0 Å². The first kappa shape index (κ1) is 14.5. The Labute approximate surface area is 105 Å². The Balaban J connectivity index is 2.18. The molecule has 0 aromatic rings. The maximum absolute atomic E-state index is 10.8. The van der Waals surface area contributed by atoms with Gasteiger partial charge in [0.25, 0.3) is 0 Å². The lowest BCUT2D eigenvalue weighted by Gasteiger charge is -2.36. The maximum atomic E-state index is 10.8. The van der Waals surface area contributed by atoms with Gasteiger partial charge in [-0.2, -0.15) is 0 Å². The standard InChI is InChI=1S/C12H25NO3Si/c1-12(2,3)17(4,5)15-8-6-7-10-9-13-11(14)16-10/h10H,6-9H2,1-5H3,(H,13,14). The van der Waals surface area contributed by atoms with Crippen LogP contribution in [0.5, 0.6) is 0 Å². The Morgan fingerprint density at radius 3 is 2.59 bits per heavy atom. The van der Waals surface area contributed by atoms with Gasteiger partial charge < -0.3 is 14.5 Å². The van der Waals surface area contributed by atoms with Gasteiger partial charge in [0.15, 0.2) is 8.32 Å². The Morgan fingerprint density at radius 2 is 2.12 bits per heavy atom. The summed E-state index contributed by atoms with van der Waals surface area (Å²) in [6.07, 6.45) is 1.57. The highest BCUT2D eigenvalue weighted by molar-refractivity contribution is 6.74. The summed E-state index contributed by atoms with van der Waals surface area (Å²) in [4.78, 5) is 10.8. The van der Waals surface area contributed by atoms with Crippen LogP contribution in [0.1, 0.15) is 33.6 Å². The second-order valence-corrected chi connectivity index (χ2v) is 11.0. The van der Waals surface area contributed by atoms with E-state index in [9.17, 15) is 4.79 Å². The lowest BCUT2D eigenvalue weighted by Crippen LogP contribution is -2.41. The zero-order valence-electron chi connectivity index (χ0n) is 11.6. The average Bonchev–Trinajstić information content (AvgIpc) is 2.57. The van der Waals surface area contributed by atoms with Crippen molar-refractivity contribution in [3.05, 3.63) is 0 Å². The molecule has 0 aliphatic carbocycles. The molecular weight excluding hydrogens is 234 g/mol. The highest BCUT2D eigenvalue weighted by Gasteiger charge is 2.36. The van der Waals surface area contributed by atoms with Crippen molar-refractivity contribution >= 4 is 14.4 Å². The number of hydrogen-bond donors (Lipinski definition) is 1. The van der Waals surface area contributed by atoms with E-state index in [2.05, 4.69) is 39.2 Å². The summed E-state index contributed by atoms with van der Waals surface area (Å²) in [7, 11) is -1.62. The molecule has 0 aromatic carbocycles. The van der Waals surface area contributed by atoms with E-state index in [-0.39, 0.29) is 17.2 Å². The number of carbonyl (C=O) groups is 1. The second-order valence-electron chi connectivity index (χ2n) is 6.16. The van der Waals surface area contributed by atoms with E-state index in [0.29, 0.717) is 6.54 Å². The minimum absolute atomic E-state index is 0.0329. The Morgan fingerprint density at radius 1 is 1.47 bits per heavy atom. The van der Waals surface area contributed by atoms with E-state index in [1.807, 2.05) is 0 Å². The van der Waals surface area contributed by atoms with Crippen LogP contribution in [-0.4, -0.2) is 33.7 Å². The smallest absolute Gasteiger partial charge is 0.407 e. The molecule has 1 fully saturated rings. The van der Waals surface area contributed by atoms with Crippen LogP contribution in [0.3, 0.4) is 0 Å². The predicted octanol–water partition coefficient (Wildman–Crippen LogP) is 2.90. The zero-order valence-corrected chi connectivity index (χ0v) is 12.6. The van der Waals surface area contributed by atoms with E-state index in [4.69, 9.17) is 9.16 Å². The summed E-state index contributed by atoms with van der Waals surface area (Å²) in [6, 6.07) is 0. The van der Waals surface area contributed by atoms with Gasteiger partial charge in [-0.15, -0.1) is 0 Å². The number of hydrogen-bond acceptors (Lipinski definition) is 3. The molecule has 1 aliphatic heterocycles. The van der Waals surface area contributed by atoms with Gasteiger partial charge in [0, 0.05) is 6.61 Å². The molecule has 5 heteroatoms. The third kappa shape index (κ3) is 4.31. The van der Waals surface area contributed by atoms with E-state index in [1.54, 1.807) is 0 Å². The Kier molecular flexibility index (Phi) is 4.60. The zero-order chi connectivity index (χ0) is 13.1. The van der Waals surface area contributed by atoms with Crippen LogP contribution in [0.2, 0.25) is 18.1 Å².